The molecule has 0 saturated carbocycles. The third-order valence-corrected chi connectivity index (χ3v) is 5.17. The normalized spacial score (nSPS) is 12.4. The molecule has 0 fully saturated rings. The van der Waals surface area contributed by atoms with Crippen molar-refractivity contribution in [2.75, 3.05) is 0 Å². The van der Waals surface area contributed by atoms with Gasteiger partial charge in [0.15, 0.2) is 0 Å². The molecule has 0 heterocycles. The van der Waals surface area contributed by atoms with Gasteiger partial charge >= 0.3 is 0 Å². The van der Waals surface area contributed by atoms with Crippen molar-refractivity contribution in [2.24, 2.45) is 5.16 Å². The average molecular weight is 344 g/mol. The van der Waals surface area contributed by atoms with Gasteiger partial charge in [0.1, 0.15) is 0 Å². The summed E-state index contributed by atoms with van der Waals surface area (Å²) in [5.74, 6) is 0. The largest absolute Gasteiger partial charge is 0.410 e. The molecule has 0 amide bonds. The number of hydrogen-bond donors (Lipinski definition) is 1. The zero-order valence-corrected chi connectivity index (χ0v) is 13.2. The smallest absolute Gasteiger partial charge is 0.227 e. The molecule has 0 unspecified atom stereocenters. The van der Waals surface area contributed by atoms with E-state index in [-0.39, 0.29) is 20.5 Å². The summed E-state index contributed by atoms with van der Waals surface area (Å²) < 4.78 is 25.1. The van der Waals surface area contributed by atoms with Crippen LogP contribution >= 0.6 is 23.2 Å². The Labute approximate surface area is 132 Å². The van der Waals surface area contributed by atoms with Crippen molar-refractivity contribution in [3.63, 3.8) is 0 Å². The van der Waals surface area contributed by atoms with Gasteiger partial charge in [0, 0.05) is 0 Å². The quantitative estimate of drug-likeness (QED) is 0.389. The van der Waals surface area contributed by atoms with Crippen molar-refractivity contribution in [1.82, 2.24) is 0 Å². The maximum absolute atomic E-state index is 12.6. The van der Waals surface area contributed by atoms with Crippen LogP contribution in [0.1, 0.15) is 11.1 Å². The Kier molecular flexibility index (Phi) is 4.56. The highest BCUT2D eigenvalue weighted by atomic mass is 35.5. The number of sulfone groups is 1. The van der Waals surface area contributed by atoms with Crippen LogP contribution in [0.25, 0.3) is 0 Å². The van der Waals surface area contributed by atoms with Gasteiger partial charge in [-0.25, -0.2) is 8.42 Å². The highest BCUT2D eigenvalue weighted by molar-refractivity contribution is 8.07. The van der Waals surface area contributed by atoms with Gasteiger partial charge in [-0.3, -0.25) is 0 Å². The first kappa shape index (κ1) is 15.8. The molecule has 0 aromatic heterocycles. The highest BCUT2D eigenvalue weighted by Gasteiger charge is 2.28. The van der Waals surface area contributed by atoms with E-state index < -0.39 is 14.9 Å². The van der Waals surface area contributed by atoms with Crippen LogP contribution in [0.3, 0.4) is 0 Å². The summed E-state index contributed by atoms with van der Waals surface area (Å²) in [5.41, 5.74) is 0.885. The summed E-state index contributed by atoms with van der Waals surface area (Å²) in [4.78, 5) is -0.00288. The summed E-state index contributed by atoms with van der Waals surface area (Å²) >= 11 is 12.0. The Balaban J connectivity index is 2.64. The summed E-state index contributed by atoms with van der Waals surface area (Å²) in [6.07, 6.45) is 0. The molecular weight excluding hydrogens is 333 g/mol. The number of aryl methyl sites for hydroxylation is 1. The fourth-order valence-corrected chi connectivity index (χ4v) is 3.77. The van der Waals surface area contributed by atoms with E-state index in [1.807, 2.05) is 6.92 Å². The molecule has 2 aromatic rings. The van der Waals surface area contributed by atoms with Gasteiger partial charge in [-0.15, -0.1) is 0 Å². The monoisotopic (exact) mass is 343 g/mol. The van der Waals surface area contributed by atoms with Gasteiger partial charge in [0.2, 0.25) is 14.9 Å². The van der Waals surface area contributed by atoms with Gasteiger partial charge in [-0.1, -0.05) is 52.1 Å². The maximum atomic E-state index is 12.6. The lowest BCUT2D eigenvalue weighted by atomic mass is 10.2. The van der Waals surface area contributed by atoms with E-state index in [9.17, 15) is 13.6 Å². The molecule has 0 aliphatic rings. The van der Waals surface area contributed by atoms with Crippen LogP contribution in [0.4, 0.5) is 0 Å². The predicted octanol–water partition coefficient (Wildman–Crippen LogP) is 3.91. The van der Waals surface area contributed by atoms with Crippen molar-refractivity contribution in [3.05, 3.63) is 63.6 Å². The third-order valence-electron chi connectivity index (χ3n) is 2.85. The third kappa shape index (κ3) is 3.05. The first-order valence-electron chi connectivity index (χ1n) is 5.86. The summed E-state index contributed by atoms with van der Waals surface area (Å²) in [6, 6.07) is 10.7. The maximum Gasteiger partial charge on any atom is 0.227 e. The molecule has 0 aliphatic carbocycles. The first-order valence-corrected chi connectivity index (χ1v) is 8.10. The Morgan fingerprint density at radius 1 is 1.05 bits per heavy atom. The molecule has 0 bridgehead atoms. The molecule has 0 atom stereocenters. The second kappa shape index (κ2) is 6.05. The lowest BCUT2D eigenvalue weighted by Crippen LogP contribution is -2.17. The van der Waals surface area contributed by atoms with E-state index in [1.54, 1.807) is 18.2 Å². The van der Waals surface area contributed by atoms with Crippen molar-refractivity contribution >= 4 is 38.1 Å². The Morgan fingerprint density at radius 3 is 2.05 bits per heavy atom. The van der Waals surface area contributed by atoms with E-state index in [1.165, 1.54) is 24.3 Å². The van der Waals surface area contributed by atoms with E-state index in [2.05, 4.69) is 5.16 Å². The molecular formula is C14H11Cl2NO3S. The molecule has 0 radical (unpaired) electrons. The number of oxime groups is 1. The first-order chi connectivity index (χ1) is 9.87. The van der Waals surface area contributed by atoms with Gasteiger partial charge < -0.3 is 5.21 Å². The molecule has 2 rings (SSSR count). The van der Waals surface area contributed by atoms with Crippen molar-refractivity contribution in [3.8, 4) is 0 Å². The van der Waals surface area contributed by atoms with Crippen LogP contribution in [0.2, 0.25) is 10.0 Å². The van der Waals surface area contributed by atoms with Gasteiger partial charge in [-0.2, -0.15) is 0 Å². The lowest BCUT2D eigenvalue weighted by molar-refractivity contribution is 0.320. The number of halogens is 2. The van der Waals surface area contributed by atoms with Gasteiger partial charge in [0.05, 0.1) is 20.5 Å². The van der Waals surface area contributed by atoms with Crippen molar-refractivity contribution < 1.29 is 13.6 Å². The SMILES string of the molecule is Cc1ccc(S(=O)(=O)/C(=N/O)c2c(Cl)cccc2Cl)cc1. The molecule has 110 valence electrons. The molecule has 0 spiro atoms. The molecule has 21 heavy (non-hydrogen) atoms. The van der Waals surface area contributed by atoms with Crippen LogP contribution in [0.15, 0.2) is 52.5 Å². The summed E-state index contributed by atoms with van der Waals surface area (Å²) in [6.45, 7) is 1.84. The van der Waals surface area contributed by atoms with E-state index in [4.69, 9.17) is 23.2 Å². The van der Waals surface area contributed by atoms with Crippen LogP contribution in [0.5, 0.6) is 0 Å². The van der Waals surface area contributed by atoms with Crippen LogP contribution in [-0.2, 0) is 9.84 Å². The second-order valence-corrected chi connectivity index (χ2v) is 7.00. The zero-order chi connectivity index (χ0) is 15.6. The standard InChI is InChI=1S/C14H11Cl2NO3S/c1-9-5-7-10(8-6-9)21(19,20)14(17-18)13-11(15)3-2-4-12(13)16/h2-8,18H,1H3/b17-14+. The van der Waals surface area contributed by atoms with Gasteiger partial charge in [-0.05, 0) is 31.2 Å². The van der Waals surface area contributed by atoms with Crippen LogP contribution in [0, 0.1) is 6.92 Å². The fourth-order valence-electron chi connectivity index (χ4n) is 1.77. The number of rotatable bonds is 2. The Bertz CT molecular complexity index is 779. The molecule has 7 heteroatoms. The van der Waals surface area contributed by atoms with Gasteiger partial charge in [0.25, 0.3) is 0 Å². The molecule has 4 nitrogen and oxygen atoms in total. The predicted molar refractivity (Wildman–Crippen MR) is 83.2 cm³/mol. The number of hydrogen-bond acceptors (Lipinski definition) is 4. The minimum atomic E-state index is -4.03. The van der Waals surface area contributed by atoms with Crippen molar-refractivity contribution in [2.45, 2.75) is 11.8 Å². The van der Waals surface area contributed by atoms with E-state index in [0.29, 0.717) is 0 Å². The summed E-state index contributed by atoms with van der Waals surface area (Å²) in [5, 5.41) is 11.7. The minimum absolute atomic E-state index is 0.00288. The van der Waals surface area contributed by atoms with Crippen molar-refractivity contribution in [1.29, 1.82) is 0 Å². The second-order valence-electron chi connectivity index (χ2n) is 4.32. The van der Waals surface area contributed by atoms with E-state index in [0.717, 1.165) is 5.56 Å². The zero-order valence-electron chi connectivity index (χ0n) is 10.9. The summed E-state index contributed by atoms with van der Waals surface area (Å²) in [7, 11) is -4.03. The number of nitrogens with zero attached hydrogens (tertiary/aromatic N) is 1. The molecule has 1 N–H and O–H groups in total. The van der Waals surface area contributed by atoms with Crippen LogP contribution < -0.4 is 0 Å². The molecule has 2 aromatic carbocycles. The Hall–Kier alpha value is -1.56. The Morgan fingerprint density at radius 2 is 1.57 bits per heavy atom. The molecule has 0 aliphatic heterocycles. The topological polar surface area (TPSA) is 66.7 Å². The average Bonchev–Trinajstić information content (AvgIpc) is 2.43. The number of benzene rings is 2. The lowest BCUT2D eigenvalue weighted by Gasteiger charge is -2.10. The highest BCUT2D eigenvalue weighted by Crippen LogP contribution is 2.29. The van der Waals surface area contributed by atoms with Crippen LogP contribution in [-0.4, -0.2) is 18.7 Å². The van der Waals surface area contributed by atoms with E-state index >= 15 is 0 Å². The minimum Gasteiger partial charge on any atom is -0.410 e. The fraction of sp³-hybridized carbons (Fsp3) is 0.0714. The molecule has 0 saturated heterocycles.